The number of hydrogen-bond acceptors (Lipinski definition) is 1. The zero-order chi connectivity index (χ0) is 9.26. The van der Waals surface area contributed by atoms with E-state index in [9.17, 15) is 0 Å². The highest BCUT2D eigenvalue weighted by Gasteiger charge is 2.23. The topological polar surface area (TPSA) is 9.23 Å². The Morgan fingerprint density at radius 3 is 3.23 bits per heavy atom. The summed E-state index contributed by atoms with van der Waals surface area (Å²) in [4.78, 5) is 0. The molecule has 13 heavy (non-hydrogen) atoms. The van der Waals surface area contributed by atoms with Crippen LogP contribution in [0.2, 0.25) is 0 Å². The molecular weight excluding hydrogens is 184 g/mol. The predicted octanol–water partition coefficient (Wildman–Crippen LogP) is 3.40. The van der Waals surface area contributed by atoms with Crippen molar-refractivity contribution in [2.45, 2.75) is 38.0 Å². The fourth-order valence-electron chi connectivity index (χ4n) is 1.96. The molecule has 0 aromatic heterocycles. The lowest BCUT2D eigenvalue weighted by Crippen LogP contribution is -2.16. The van der Waals surface area contributed by atoms with Crippen molar-refractivity contribution in [2.24, 2.45) is 0 Å². The molecule has 0 saturated carbocycles. The molecule has 1 nitrogen and oxygen atoms in total. The molecule has 2 heteroatoms. The maximum Gasteiger partial charge on any atom is 0.101 e. The van der Waals surface area contributed by atoms with E-state index < -0.39 is 0 Å². The molecule has 0 spiro atoms. The first-order valence-corrected chi connectivity index (χ1v) is 5.44. The molecule has 2 aliphatic rings. The van der Waals surface area contributed by atoms with E-state index in [1.54, 1.807) is 0 Å². The molecule has 0 bridgehead atoms. The second-order valence-electron chi connectivity index (χ2n) is 3.64. The monoisotopic (exact) mass is 198 g/mol. The minimum Gasteiger partial charge on any atom is -0.498 e. The largest absolute Gasteiger partial charge is 0.498 e. The zero-order valence-corrected chi connectivity index (χ0v) is 8.73. The maximum atomic E-state index is 6.22. The molecule has 1 atom stereocenters. The van der Waals surface area contributed by atoms with Crippen molar-refractivity contribution >= 4 is 11.6 Å². The molecule has 2 rings (SSSR count). The molecule has 0 fully saturated rings. The lowest BCUT2D eigenvalue weighted by Gasteiger charge is -2.27. The second-order valence-corrected chi connectivity index (χ2v) is 4.17. The summed E-state index contributed by atoms with van der Waals surface area (Å²) in [5, 5.41) is 0.168. The molecule has 1 heterocycles. The van der Waals surface area contributed by atoms with Crippen molar-refractivity contribution in [3.05, 3.63) is 23.0 Å². The molecule has 1 aliphatic heterocycles. The van der Waals surface area contributed by atoms with E-state index in [-0.39, 0.29) is 5.38 Å². The first kappa shape index (κ1) is 9.14. The van der Waals surface area contributed by atoms with Crippen LogP contribution in [0.4, 0.5) is 0 Å². The van der Waals surface area contributed by atoms with Gasteiger partial charge in [0.05, 0.1) is 12.0 Å². The summed E-state index contributed by atoms with van der Waals surface area (Å²) in [6.07, 6.45) is 6.53. The Morgan fingerprint density at radius 1 is 1.62 bits per heavy atom. The summed E-state index contributed by atoms with van der Waals surface area (Å²) in [6.45, 7) is 3.04. The van der Waals surface area contributed by atoms with Crippen LogP contribution in [-0.4, -0.2) is 12.0 Å². The molecule has 72 valence electrons. The van der Waals surface area contributed by atoms with Crippen molar-refractivity contribution < 1.29 is 4.74 Å². The Labute approximate surface area is 84.4 Å². The SMILES string of the molecule is CCC1=CC2=C(C[C@H]1Cl)OCCC2. The van der Waals surface area contributed by atoms with Crippen molar-refractivity contribution in [1.29, 1.82) is 0 Å². The Kier molecular flexibility index (Phi) is 2.63. The fraction of sp³-hybridized carbons (Fsp3) is 0.636. The Hall–Kier alpha value is -0.430. The highest BCUT2D eigenvalue weighted by Crippen LogP contribution is 2.34. The van der Waals surface area contributed by atoms with E-state index in [1.807, 2.05) is 0 Å². The standard InChI is InChI=1S/C11H15ClO/c1-2-8-6-9-4-3-5-13-11(9)7-10(8)12/h6,10H,2-5,7H2,1H3/t10-/m1/s1. The smallest absolute Gasteiger partial charge is 0.101 e. The van der Waals surface area contributed by atoms with Gasteiger partial charge in [-0.2, -0.15) is 0 Å². The average Bonchev–Trinajstić information content (AvgIpc) is 2.17. The van der Waals surface area contributed by atoms with Crippen LogP contribution in [0, 0.1) is 0 Å². The van der Waals surface area contributed by atoms with E-state index >= 15 is 0 Å². The third-order valence-corrected chi connectivity index (χ3v) is 3.19. The quantitative estimate of drug-likeness (QED) is 0.587. The van der Waals surface area contributed by atoms with E-state index in [0.717, 1.165) is 31.6 Å². The lowest BCUT2D eigenvalue weighted by molar-refractivity contribution is 0.178. The first-order valence-electron chi connectivity index (χ1n) is 5.00. The highest BCUT2D eigenvalue weighted by atomic mass is 35.5. The molecule has 0 radical (unpaired) electrons. The number of halogens is 1. The summed E-state index contributed by atoms with van der Waals surface area (Å²) >= 11 is 6.22. The van der Waals surface area contributed by atoms with Gasteiger partial charge < -0.3 is 4.74 Å². The first-order chi connectivity index (χ1) is 6.31. The van der Waals surface area contributed by atoms with Gasteiger partial charge in [0, 0.05) is 6.42 Å². The maximum absolute atomic E-state index is 6.22. The van der Waals surface area contributed by atoms with Crippen LogP contribution in [0.15, 0.2) is 23.0 Å². The van der Waals surface area contributed by atoms with Gasteiger partial charge >= 0.3 is 0 Å². The van der Waals surface area contributed by atoms with Crippen LogP contribution in [0.3, 0.4) is 0 Å². The molecule has 1 aliphatic carbocycles. The number of hydrogen-bond donors (Lipinski definition) is 0. The van der Waals surface area contributed by atoms with Crippen LogP contribution in [-0.2, 0) is 4.74 Å². The summed E-state index contributed by atoms with van der Waals surface area (Å²) in [5.41, 5.74) is 2.76. The Balaban J connectivity index is 2.24. The molecule has 0 aromatic carbocycles. The van der Waals surface area contributed by atoms with E-state index in [1.165, 1.54) is 17.6 Å². The minimum atomic E-state index is 0.168. The molecule has 0 unspecified atom stereocenters. The molecule has 0 saturated heterocycles. The fourth-order valence-corrected chi connectivity index (χ4v) is 2.32. The number of ether oxygens (including phenoxy) is 1. The van der Waals surface area contributed by atoms with Crippen LogP contribution < -0.4 is 0 Å². The second kappa shape index (κ2) is 3.75. The third-order valence-electron chi connectivity index (χ3n) is 2.76. The third kappa shape index (κ3) is 1.76. The van der Waals surface area contributed by atoms with Gasteiger partial charge in [-0.15, -0.1) is 11.6 Å². The van der Waals surface area contributed by atoms with Gasteiger partial charge in [0.25, 0.3) is 0 Å². The normalized spacial score (nSPS) is 27.8. The molecular formula is C11H15ClO. The van der Waals surface area contributed by atoms with Gasteiger partial charge in [0.15, 0.2) is 0 Å². The van der Waals surface area contributed by atoms with Crippen LogP contribution in [0.25, 0.3) is 0 Å². The molecule has 0 amide bonds. The van der Waals surface area contributed by atoms with Gasteiger partial charge in [-0.05, 0) is 24.8 Å². The van der Waals surface area contributed by atoms with E-state index in [4.69, 9.17) is 16.3 Å². The molecule has 0 aromatic rings. The van der Waals surface area contributed by atoms with Crippen molar-refractivity contribution in [3.63, 3.8) is 0 Å². The number of rotatable bonds is 1. The van der Waals surface area contributed by atoms with Gasteiger partial charge in [-0.3, -0.25) is 0 Å². The summed E-state index contributed by atoms with van der Waals surface area (Å²) < 4.78 is 5.60. The Bertz CT molecular complexity index is 265. The van der Waals surface area contributed by atoms with Gasteiger partial charge in [0.2, 0.25) is 0 Å². The van der Waals surface area contributed by atoms with Crippen LogP contribution >= 0.6 is 11.6 Å². The van der Waals surface area contributed by atoms with Crippen molar-refractivity contribution in [1.82, 2.24) is 0 Å². The summed E-state index contributed by atoms with van der Waals surface area (Å²) in [7, 11) is 0. The number of alkyl halides is 1. The minimum absolute atomic E-state index is 0.168. The van der Waals surface area contributed by atoms with Gasteiger partial charge in [-0.25, -0.2) is 0 Å². The van der Waals surface area contributed by atoms with Crippen LogP contribution in [0.5, 0.6) is 0 Å². The zero-order valence-electron chi connectivity index (χ0n) is 7.98. The number of allylic oxidation sites excluding steroid dienone is 4. The van der Waals surface area contributed by atoms with Crippen molar-refractivity contribution in [2.75, 3.05) is 6.61 Å². The summed E-state index contributed by atoms with van der Waals surface area (Å²) in [6, 6.07) is 0. The van der Waals surface area contributed by atoms with E-state index in [2.05, 4.69) is 13.0 Å². The predicted molar refractivity (Wildman–Crippen MR) is 54.8 cm³/mol. The van der Waals surface area contributed by atoms with Crippen LogP contribution in [0.1, 0.15) is 32.6 Å². The summed E-state index contributed by atoms with van der Waals surface area (Å²) in [5.74, 6) is 1.14. The van der Waals surface area contributed by atoms with Crippen molar-refractivity contribution in [3.8, 4) is 0 Å². The van der Waals surface area contributed by atoms with E-state index in [0.29, 0.717) is 0 Å². The highest BCUT2D eigenvalue weighted by molar-refractivity contribution is 6.22. The molecule has 0 N–H and O–H groups in total. The Morgan fingerprint density at radius 2 is 2.46 bits per heavy atom. The van der Waals surface area contributed by atoms with Gasteiger partial charge in [-0.1, -0.05) is 18.6 Å². The average molecular weight is 199 g/mol. The van der Waals surface area contributed by atoms with Gasteiger partial charge in [0.1, 0.15) is 5.76 Å². The lowest BCUT2D eigenvalue weighted by atomic mass is 9.92.